The molecule has 0 spiro atoms. The predicted molar refractivity (Wildman–Crippen MR) is 65.9 cm³/mol. The van der Waals surface area contributed by atoms with E-state index in [1.165, 1.54) is 0 Å². The lowest BCUT2D eigenvalue weighted by Crippen LogP contribution is -2.38. The fraction of sp³-hybridized carbons (Fsp3) is 0.615. The van der Waals surface area contributed by atoms with Crippen molar-refractivity contribution in [3.8, 4) is 0 Å². The molecule has 4 heteroatoms. The maximum Gasteiger partial charge on any atom is 0.270 e. The van der Waals surface area contributed by atoms with Gasteiger partial charge in [0.15, 0.2) is 0 Å². The number of aliphatic hydroxyl groups excluding tert-OH is 1. The summed E-state index contributed by atoms with van der Waals surface area (Å²) in [6, 6.07) is 3.78. The van der Waals surface area contributed by atoms with Gasteiger partial charge in [0, 0.05) is 19.3 Å². The first-order chi connectivity index (χ1) is 8.27. The highest BCUT2D eigenvalue weighted by Crippen LogP contribution is 2.20. The Kier molecular flexibility index (Phi) is 3.84. The highest BCUT2D eigenvalue weighted by molar-refractivity contribution is 5.93. The molecule has 2 heterocycles. The second-order valence-corrected chi connectivity index (χ2v) is 4.56. The minimum atomic E-state index is 0.00692. The summed E-state index contributed by atoms with van der Waals surface area (Å²) in [5.74, 6) is 0.0556. The molecular formula is C13H20N2O2. The number of aryl methyl sites for hydroxylation is 1. The van der Waals surface area contributed by atoms with Gasteiger partial charge in [-0.3, -0.25) is 4.79 Å². The van der Waals surface area contributed by atoms with Gasteiger partial charge < -0.3 is 14.6 Å². The van der Waals surface area contributed by atoms with E-state index in [1.807, 2.05) is 27.8 Å². The van der Waals surface area contributed by atoms with Crippen LogP contribution in [0, 0.1) is 0 Å². The van der Waals surface area contributed by atoms with Crippen LogP contribution in [0.5, 0.6) is 0 Å². The monoisotopic (exact) mass is 236 g/mol. The molecule has 1 aliphatic heterocycles. The zero-order valence-corrected chi connectivity index (χ0v) is 10.3. The van der Waals surface area contributed by atoms with Gasteiger partial charge in [-0.2, -0.15) is 0 Å². The minimum Gasteiger partial charge on any atom is -0.394 e. The van der Waals surface area contributed by atoms with Crippen LogP contribution in [0.2, 0.25) is 0 Å². The van der Waals surface area contributed by atoms with Crippen LogP contribution >= 0.6 is 0 Å². The van der Waals surface area contributed by atoms with Crippen molar-refractivity contribution in [2.75, 3.05) is 13.2 Å². The summed E-state index contributed by atoms with van der Waals surface area (Å²) >= 11 is 0. The quantitative estimate of drug-likeness (QED) is 0.861. The van der Waals surface area contributed by atoms with Gasteiger partial charge in [0.2, 0.25) is 0 Å². The Hall–Kier alpha value is -1.29. The average molecular weight is 236 g/mol. The van der Waals surface area contributed by atoms with Crippen molar-refractivity contribution in [3.63, 3.8) is 0 Å². The van der Waals surface area contributed by atoms with E-state index in [1.54, 1.807) is 0 Å². The van der Waals surface area contributed by atoms with Gasteiger partial charge >= 0.3 is 0 Å². The second kappa shape index (κ2) is 5.36. The summed E-state index contributed by atoms with van der Waals surface area (Å²) in [6.07, 6.45) is 4.86. The number of aliphatic hydroxyl groups is 1. The Bertz CT molecular complexity index is 387. The maximum absolute atomic E-state index is 12.4. The summed E-state index contributed by atoms with van der Waals surface area (Å²) < 4.78 is 2.00. The highest BCUT2D eigenvalue weighted by atomic mass is 16.3. The molecule has 1 aliphatic rings. The first-order valence-corrected chi connectivity index (χ1v) is 6.35. The zero-order chi connectivity index (χ0) is 12.3. The molecule has 1 saturated heterocycles. The van der Waals surface area contributed by atoms with Crippen molar-refractivity contribution >= 4 is 5.91 Å². The number of rotatable bonds is 4. The highest BCUT2D eigenvalue weighted by Gasteiger charge is 2.29. The fourth-order valence-corrected chi connectivity index (χ4v) is 2.48. The SMILES string of the molecule is CCCn1cccc1C(=O)N1CCCC1CO. The van der Waals surface area contributed by atoms with Gasteiger partial charge in [0.25, 0.3) is 5.91 Å². The van der Waals surface area contributed by atoms with Crippen LogP contribution in [0.15, 0.2) is 18.3 Å². The van der Waals surface area contributed by atoms with Crippen LogP contribution in [0.3, 0.4) is 0 Å². The lowest BCUT2D eigenvalue weighted by Gasteiger charge is -2.23. The Morgan fingerprint density at radius 3 is 3.12 bits per heavy atom. The van der Waals surface area contributed by atoms with Crippen molar-refractivity contribution in [1.82, 2.24) is 9.47 Å². The second-order valence-electron chi connectivity index (χ2n) is 4.56. The molecule has 0 saturated carbocycles. The molecule has 0 bridgehead atoms. The summed E-state index contributed by atoms with van der Waals surface area (Å²) in [6.45, 7) is 3.80. The molecule has 1 fully saturated rings. The number of carbonyl (C=O) groups is 1. The van der Waals surface area contributed by atoms with E-state index in [-0.39, 0.29) is 18.6 Å². The molecule has 17 heavy (non-hydrogen) atoms. The van der Waals surface area contributed by atoms with Crippen molar-refractivity contribution < 1.29 is 9.90 Å². The normalized spacial score (nSPS) is 19.9. The predicted octanol–water partition coefficient (Wildman–Crippen LogP) is 1.49. The van der Waals surface area contributed by atoms with Crippen molar-refractivity contribution in [3.05, 3.63) is 24.0 Å². The van der Waals surface area contributed by atoms with E-state index in [0.29, 0.717) is 0 Å². The lowest BCUT2D eigenvalue weighted by molar-refractivity contribution is 0.0666. The number of nitrogens with zero attached hydrogens (tertiary/aromatic N) is 2. The van der Waals surface area contributed by atoms with Gasteiger partial charge in [0.1, 0.15) is 5.69 Å². The Balaban J connectivity index is 2.15. The molecule has 0 radical (unpaired) electrons. The number of amides is 1. The third-order valence-electron chi connectivity index (χ3n) is 3.36. The van der Waals surface area contributed by atoms with Crippen molar-refractivity contribution in [1.29, 1.82) is 0 Å². The molecule has 4 nitrogen and oxygen atoms in total. The van der Waals surface area contributed by atoms with Crippen LogP contribution in [0.25, 0.3) is 0 Å². The number of hydrogen-bond acceptors (Lipinski definition) is 2. The van der Waals surface area contributed by atoms with E-state index in [2.05, 4.69) is 6.92 Å². The van der Waals surface area contributed by atoms with Crippen LogP contribution in [0.1, 0.15) is 36.7 Å². The van der Waals surface area contributed by atoms with Gasteiger partial charge in [-0.05, 0) is 31.4 Å². The molecule has 1 unspecified atom stereocenters. The van der Waals surface area contributed by atoms with Crippen molar-refractivity contribution in [2.24, 2.45) is 0 Å². The Morgan fingerprint density at radius 1 is 1.59 bits per heavy atom. The third-order valence-corrected chi connectivity index (χ3v) is 3.36. The molecule has 1 aromatic rings. The van der Waals surface area contributed by atoms with Gasteiger partial charge in [-0.25, -0.2) is 0 Å². The molecule has 94 valence electrons. The topological polar surface area (TPSA) is 45.5 Å². The van der Waals surface area contributed by atoms with E-state index in [9.17, 15) is 9.90 Å². The van der Waals surface area contributed by atoms with E-state index >= 15 is 0 Å². The van der Waals surface area contributed by atoms with Gasteiger partial charge in [0.05, 0.1) is 12.6 Å². The summed E-state index contributed by atoms with van der Waals surface area (Å²) in [5.41, 5.74) is 0.743. The number of carbonyl (C=O) groups excluding carboxylic acids is 1. The average Bonchev–Trinajstić information content (AvgIpc) is 2.96. The van der Waals surface area contributed by atoms with Crippen LogP contribution < -0.4 is 0 Å². The van der Waals surface area contributed by atoms with Crippen LogP contribution in [0.4, 0.5) is 0 Å². The number of hydrogen-bond donors (Lipinski definition) is 1. The fourth-order valence-electron chi connectivity index (χ4n) is 2.48. The zero-order valence-electron chi connectivity index (χ0n) is 10.3. The minimum absolute atomic E-state index is 0.00692. The third kappa shape index (κ3) is 2.36. The van der Waals surface area contributed by atoms with Crippen LogP contribution in [-0.4, -0.2) is 39.7 Å². The Morgan fingerprint density at radius 2 is 2.41 bits per heavy atom. The first kappa shape index (κ1) is 12.2. The van der Waals surface area contributed by atoms with E-state index in [0.717, 1.165) is 38.0 Å². The van der Waals surface area contributed by atoms with Gasteiger partial charge in [-0.15, -0.1) is 0 Å². The first-order valence-electron chi connectivity index (χ1n) is 6.35. The smallest absolute Gasteiger partial charge is 0.270 e. The lowest BCUT2D eigenvalue weighted by atomic mass is 10.2. The molecule has 2 rings (SSSR count). The summed E-state index contributed by atoms with van der Waals surface area (Å²) in [7, 11) is 0. The van der Waals surface area contributed by atoms with Crippen molar-refractivity contribution in [2.45, 2.75) is 38.8 Å². The molecular weight excluding hydrogens is 216 g/mol. The summed E-state index contributed by atoms with van der Waals surface area (Å²) in [4.78, 5) is 14.2. The molecule has 1 atom stereocenters. The molecule has 0 aromatic carbocycles. The standard InChI is InChI=1S/C13H20N2O2/c1-2-7-14-8-4-6-12(14)13(17)15-9-3-5-11(15)10-16/h4,6,8,11,16H,2-3,5,7,9-10H2,1H3. The molecule has 1 N–H and O–H groups in total. The van der Waals surface area contributed by atoms with Crippen LogP contribution in [-0.2, 0) is 6.54 Å². The number of likely N-dealkylation sites (tertiary alicyclic amines) is 1. The number of aromatic nitrogens is 1. The molecule has 0 aliphatic carbocycles. The van der Waals surface area contributed by atoms with E-state index in [4.69, 9.17) is 0 Å². The van der Waals surface area contributed by atoms with E-state index < -0.39 is 0 Å². The molecule has 1 amide bonds. The largest absolute Gasteiger partial charge is 0.394 e. The maximum atomic E-state index is 12.4. The Labute approximate surface area is 102 Å². The summed E-state index contributed by atoms with van der Waals surface area (Å²) in [5, 5.41) is 9.25. The molecule has 1 aromatic heterocycles. The van der Waals surface area contributed by atoms with Gasteiger partial charge in [-0.1, -0.05) is 6.92 Å².